The van der Waals surface area contributed by atoms with Crippen LogP contribution in [0.5, 0.6) is 0 Å². The van der Waals surface area contributed by atoms with Crippen molar-refractivity contribution in [3.63, 3.8) is 0 Å². The third-order valence-electron chi connectivity index (χ3n) is 3.36. The molecule has 20 heavy (non-hydrogen) atoms. The molecule has 4 nitrogen and oxygen atoms in total. The first-order valence-electron chi connectivity index (χ1n) is 6.95. The number of hydrogen-bond donors (Lipinski definition) is 1. The van der Waals surface area contributed by atoms with Gasteiger partial charge in [0, 0.05) is 13.5 Å². The molecule has 2 N–H and O–H groups in total. The summed E-state index contributed by atoms with van der Waals surface area (Å²) in [5.41, 5.74) is 6.90. The molecule has 1 rings (SSSR count). The number of rotatable bonds is 6. The summed E-state index contributed by atoms with van der Waals surface area (Å²) in [5, 5.41) is 9.09. The Bertz CT molecular complexity index is 491. The Morgan fingerprint density at radius 2 is 2.05 bits per heavy atom. The van der Waals surface area contributed by atoms with Crippen LogP contribution in [0.4, 0.5) is 5.69 Å². The molecule has 0 aliphatic heterocycles. The van der Waals surface area contributed by atoms with Crippen LogP contribution in [0.25, 0.3) is 0 Å². The highest BCUT2D eigenvalue weighted by molar-refractivity contribution is 5.94. The highest BCUT2D eigenvalue weighted by atomic mass is 16.2. The molecule has 1 aromatic rings. The first-order chi connectivity index (χ1) is 9.49. The maximum absolute atomic E-state index is 12.3. The van der Waals surface area contributed by atoms with Crippen LogP contribution in [0.1, 0.15) is 32.3 Å². The van der Waals surface area contributed by atoms with Crippen LogP contribution < -0.4 is 10.6 Å². The molecule has 0 saturated carbocycles. The molecule has 0 heterocycles. The molecule has 0 unspecified atom stereocenters. The van der Waals surface area contributed by atoms with Crippen molar-refractivity contribution in [2.45, 2.75) is 26.7 Å². The highest BCUT2D eigenvalue weighted by Crippen LogP contribution is 2.21. The molecule has 1 aromatic carbocycles. The monoisotopic (exact) mass is 273 g/mol. The van der Waals surface area contributed by atoms with Crippen LogP contribution in [-0.4, -0.2) is 19.5 Å². The van der Waals surface area contributed by atoms with Crippen molar-refractivity contribution < 1.29 is 4.79 Å². The van der Waals surface area contributed by atoms with Crippen molar-refractivity contribution in [2.75, 3.05) is 18.5 Å². The summed E-state index contributed by atoms with van der Waals surface area (Å²) in [6.45, 7) is 4.77. The molecule has 0 radical (unpaired) electrons. The zero-order valence-electron chi connectivity index (χ0n) is 12.5. The second kappa shape index (κ2) is 7.66. The van der Waals surface area contributed by atoms with E-state index in [1.165, 1.54) is 0 Å². The van der Waals surface area contributed by atoms with Crippen molar-refractivity contribution in [3.05, 3.63) is 29.8 Å². The van der Waals surface area contributed by atoms with E-state index in [4.69, 9.17) is 11.0 Å². The number of nitrogens with zero attached hydrogens (tertiary/aromatic N) is 2. The first kappa shape index (κ1) is 16.2. The summed E-state index contributed by atoms with van der Waals surface area (Å²) < 4.78 is 0. The van der Waals surface area contributed by atoms with Gasteiger partial charge in [-0.25, -0.2) is 0 Å². The number of benzene rings is 1. The summed E-state index contributed by atoms with van der Waals surface area (Å²) in [6, 6.07) is 9.24. The van der Waals surface area contributed by atoms with Crippen LogP contribution in [0.3, 0.4) is 0 Å². The predicted molar refractivity (Wildman–Crippen MR) is 81.2 cm³/mol. The Hall–Kier alpha value is -1.86. The van der Waals surface area contributed by atoms with E-state index in [0.717, 1.165) is 6.42 Å². The van der Waals surface area contributed by atoms with Crippen molar-refractivity contribution >= 4 is 11.6 Å². The number of hydrogen-bond acceptors (Lipinski definition) is 3. The standard InChI is InChI=1S/C16H23N3O/c1-12(2)8-13(10-17)9-16(20)19(3)15-7-5-4-6-14(15)11-18/h4-7,12-13H,8-10,17H2,1-3H3/t13-/m0/s1. The maximum atomic E-state index is 12.3. The maximum Gasteiger partial charge on any atom is 0.227 e. The van der Waals surface area contributed by atoms with Crippen LogP contribution >= 0.6 is 0 Å². The van der Waals surface area contributed by atoms with E-state index in [2.05, 4.69) is 19.9 Å². The Morgan fingerprint density at radius 3 is 2.60 bits per heavy atom. The van der Waals surface area contributed by atoms with Gasteiger partial charge in [-0.1, -0.05) is 26.0 Å². The molecule has 0 aromatic heterocycles. The van der Waals surface area contributed by atoms with E-state index < -0.39 is 0 Å². The van der Waals surface area contributed by atoms with Gasteiger partial charge in [-0.3, -0.25) is 4.79 Å². The van der Waals surface area contributed by atoms with Gasteiger partial charge in [0.25, 0.3) is 0 Å². The van der Waals surface area contributed by atoms with Gasteiger partial charge in [0.15, 0.2) is 0 Å². The van der Waals surface area contributed by atoms with Crippen molar-refractivity contribution in [1.82, 2.24) is 0 Å². The minimum atomic E-state index is 0.00352. The number of carbonyl (C=O) groups is 1. The van der Waals surface area contributed by atoms with Crippen LogP contribution in [0.2, 0.25) is 0 Å². The number of para-hydroxylation sites is 1. The summed E-state index contributed by atoms with van der Waals surface area (Å²) in [4.78, 5) is 13.9. The molecule has 0 saturated heterocycles. The fourth-order valence-electron chi connectivity index (χ4n) is 2.31. The second-order valence-corrected chi connectivity index (χ2v) is 5.52. The van der Waals surface area contributed by atoms with Gasteiger partial charge >= 0.3 is 0 Å². The number of carbonyl (C=O) groups excluding carboxylic acids is 1. The lowest BCUT2D eigenvalue weighted by Gasteiger charge is -2.22. The van der Waals surface area contributed by atoms with Gasteiger partial charge in [0.2, 0.25) is 5.91 Å². The van der Waals surface area contributed by atoms with Gasteiger partial charge in [0.1, 0.15) is 6.07 Å². The third kappa shape index (κ3) is 4.36. The van der Waals surface area contributed by atoms with Gasteiger partial charge in [0.05, 0.1) is 11.3 Å². The lowest BCUT2D eigenvalue weighted by molar-refractivity contribution is -0.119. The predicted octanol–water partition coefficient (Wildman–Crippen LogP) is 2.53. The lowest BCUT2D eigenvalue weighted by atomic mass is 9.93. The van der Waals surface area contributed by atoms with E-state index in [1.54, 1.807) is 30.1 Å². The fraction of sp³-hybridized carbons (Fsp3) is 0.500. The molecular weight excluding hydrogens is 250 g/mol. The summed E-state index contributed by atoms with van der Waals surface area (Å²) in [5.74, 6) is 0.719. The first-order valence-corrected chi connectivity index (χ1v) is 6.95. The Kier molecular flexibility index (Phi) is 6.20. The normalized spacial score (nSPS) is 12.0. The average molecular weight is 273 g/mol. The number of amides is 1. The average Bonchev–Trinajstić information content (AvgIpc) is 2.45. The fourth-order valence-corrected chi connectivity index (χ4v) is 2.31. The quantitative estimate of drug-likeness (QED) is 0.865. The largest absolute Gasteiger partial charge is 0.330 e. The molecule has 0 aliphatic rings. The molecule has 108 valence electrons. The molecule has 4 heteroatoms. The summed E-state index contributed by atoms with van der Waals surface area (Å²) in [7, 11) is 1.71. The zero-order valence-corrected chi connectivity index (χ0v) is 12.5. The molecule has 1 atom stereocenters. The van der Waals surface area contributed by atoms with Crippen molar-refractivity contribution in [1.29, 1.82) is 5.26 Å². The molecular formula is C16H23N3O. The number of nitrogens with two attached hydrogens (primary N) is 1. The van der Waals surface area contributed by atoms with Crippen LogP contribution in [0, 0.1) is 23.2 Å². The number of nitriles is 1. The Morgan fingerprint density at radius 1 is 1.40 bits per heavy atom. The van der Waals surface area contributed by atoms with Crippen molar-refractivity contribution in [2.24, 2.45) is 17.6 Å². The van der Waals surface area contributed by atoms with Gasteiger partial charge in [-0.05, 0) is 36.9 Å². The van der Waals surface area contributed by atoms with Crippen molar-refractivity contribution in [3.8, 4) is 6.07 Å². The molecule has 0 bridgehead atoms. The van der Waals surface area contributed by atoms with Gasteiger partial charge < -0.3 is 10.6 Å². The second-order valence-electron chi connectivity index (χ2n) is 5.52. The van der Waals surface area contributed by atoms with E-state index in [0.29, 0.717) is 30.1 Å². The smallest absolute Gasteiger partial charge is 0.227 e. The van der Waals surface area contributed by atoms with E-state index in [-0.39, 0.29) is 11.8 Å². The number of anilines is 1. The Labute approximate surface area is 121 Å². The minimum absolute atomic E-state index is 0.00352. The van der Waals surface area contributed by atoms with Crippen LogP contribution in [0.15, 0.2) is 24.3 Å². The van der Waals surface area contributed by atoms with E-state index >= 15 is 0 Å². The Balaban J connectivity index is 2.79. The summed E-state index contributed by atoms with van der Waals surface area (Å²) >= 11 is 0. The molecule has 0 spiro atoms. The molecule has 0 fully saturated rings. The van der Waals surface area contributed by atoms with E-state index in [1.807, 2.05) is 6.07 Å². The zero-order chi connectivity index (χ0) is 15.1. The molecule has 0 aliphatic carbocycles. The minimum Gasteiger partial charge on any atom is -0.330 e. The highest BCUT2D eigenvalue weighted by Gasteiger charge is 2.19. The van der Waals surface area contributed by atoms with Gasteiger partial charge in [-0.15, -0.1) is 0 Å². The van der Waals surface area contributed by atoms with E-state index in [9.17, 15) is 4.79 Å². The van der Waals surface area contributed by atoms with Crippen LogP contribution in [-0.2, 0) is 4.79 Å². The van der Waals surface area contributed by atoms with Gasteiger partial charge in [-0.2, -0.15) is 5.26 Å². The SMILES string of the molecule is CC(C)C[C@H](CN)CC(=O)N(C)c1ccccc1C#N. The lowest BCUT2D eigenvalue weighted by Crippen LogP contribution is -2.31. The summed E-state index contributed by atoms with van der Waals surface area (Å²) in [6.07, 6.45) is 1.36. The molecule has 1 amide bonds. The topological polar surface area (TPSA) is 70.1 Å². The third-order valence-corrected chi connectivity index (χ3v) is 3.36.